The smallest absolute Gasteiger partial charge is 0.330 e. The third-order valence-corrected chi connectivity index (χ3v) is 1.82. The van der Waals surface area contributed by atoms with Crippen molar-refractivity contribution in [2.45, 2.75) is 6.04 Å². The predicted molar refractivity (Wildman–Crippen MR) is 52.4 cm³/mol. The van der Waals surface area contributed by atoms with Crippen LogP contribution in [0.3, 0.4) is 0 Å². The minimum absolute atomic E-state index is 0.248. The molecule has 1 rings (SSSR count). The minimum Gasteiger partial charge on any atom is -0.467 e. The summed E-state index contributed by atoms with van der Waals surface area (Å²) in [5, 5.41) is 18.2. The van der Waals surface area contributed by atoms with Gasteiger partial charge in [-0.25, -0.2) is 4.79 Å². The second-order valence-electron chi connectivity index (χ2n) is 2.86. The van der Waals surface area contributed by atoms with Gasteiger partial charge in [0.1, 0.15) is 0 Å². The maximum Gasteiger partial charge on any atom is 0.330 e. The van der Waals surface area contributed by atoms with Gasteiger partial charge in [0.2, 0.25) is 0 Å². The van der Waals surface area contributed by atoms with E-state index in [1.165, 1.54) is 25.6 Å². The van der Waals surface area contributed by atoms with E-state index < -0.39 is 24.5 Å². The third-order valence-electron chi connectivity index (χ3n) is 1.82. The highest BCUT2D eigenvalue weighted by molar-refractivity contribution is 5.96. The molecule has 0 aliphatic rings. The lowest BCUT2D eigenvalue weighted by Crippen LogP contribution is -2.44. The standard InChI is InChI=1S/C9H11N3O4/c1-16-9(15)7(5-13)12-8(14)6-2-3-10-11-4-6/h2-4,7,13H,5H2,1H3,(H,12,14). The minimum atomic E-state index is -1.08. The molecule has 2 N–H and O–H groups in total. The zero-order valence-electron chi connectivity index (χ0n) is 8.58. The van der Waals surface area contributed by atoms with Crippen LogP contribution in [0.4, 0.5) is 0 Å². The summed E-state index contributed by atoms with van der Waals surface area (Å²) >= 11 is 0. The fraction of sp³-hybridized carbons (Fsp3) is 0.333. The molecule has 7 nitrogen and oxygen atoms in total. The number of carbonyl (C=O) groups excluding carboxylic acids is 2. The lowest BCUT2D eigenvalue weighted by molar-refractivity contribution is -0.143. The molecular formula is C9H11N3O4. The molecule has 0 aliphatic heterocycles. The van der Waals surface area contributed by atoms with Crippen molar-refractivity contribution < 1.29 is 19.4 Å². The van der Waals surface area contributed by atoms with Gasteiger partial charge < -0.3 is 15.2 Å². The Morgan fingerprint density at radius 2 is 2.31 bits per heavy atom. The van der Waals surface area contributed by atoms with E-state index in [9.17, 15) is 9.59 Å². The molecule has 0 fully saturated rings. The molecule has 0 radical (unpaired) electrons. The largest absolute Gasteiger partial charge is 0.467 e. The monoisotopic (exact) mass is 225 g/mol. The third kappa shape index (κ3) is 2.99. The summed E-state index contributed by atoms with van der Waals surface area (Å²) < 4.78 is 4.40. The predicted octanol–water partition coefficient (Wildman–Crippen LogP) is -1.26. The molecule has 1 unspecified atom stereocenters. The van der Waals surface area contributed by atoms with E-state index in [2.05, 4.69) is 20.3 Å². The van der Waals surface area contributed by atoms with Crippen LogP contribution in [-0.2, 0) is 9.53 Å². The Morgan fingerprint density at radius 1 is 1.56 bits per heavy atom. The van der Waals surface area contributed by atoms with E-state index in [-0.39, 0.29) is 5.56 Å². The Kier molecular flexibility index (Phi) is 4.34. The molecule has 1 aromatic heterocycles. The molecule has 0 spiro atoms. The lowest BCUT2D eigenvalue weighted by Gasteiger charge is -2.13. The SMILES string of the molecule is COC(=O)C(CO)NC(=O)c1ccnnc1. The first kappa shape index (κ1) is 12.1. The zero-order valence-corrected chi connectivity index (χ0v) is 8.58. The molecule has 1 aromatic rings. The molecule has 1 heterocycles. The number of nitrogens with one attached hydrogen (secondary N) is 1. The van der Waals surface area contributed by atoms with E-state index in [1.807, 2.05) is 0 Å². The fourth-order valence-electron chi connectivity index (χ4n) is 0.988. The molecule has 16 heavy (non-hydrogen) atoms. The van der Waals surface area contributed by atoms with Crippen molar-refractivity contribution in [3.63, 3.8) is 0 Å². The van der Waals surface area contributed by atoms with Crippen LogP contribution in [0, 0.1) is 0 Å². The van der Waals surface area contributed by atoms with Gasteiger partial charge in [0.05, 0.1) is 31.7 Å². The fourth-order valence-corrected chi connectivity index (χ4v) is 0.988. The topological polar surface area (TPSA) is 101 Å². The van der Waals surface area contributed by atoms with E-state index in [0.29, 0.717) is 0 Å². The summed E-state index contributed by atoms with van der Waals surface area (Å²) in [6, 6.07) is 0.360. The number of ether oxygens (including phenoxy) is 1. The number of nitrogens with zero attached hydrogens (tertiary/aromatic N) is 2. The average Bonchev–Trinajstić information content (AvgIpc) is 2.35. The molecule has 1 amide bonds. The van der Waals surface area contributed by atoms with E-state index in [4.69, 9.17) is 5.11 Å². The summed E-state index contributed by atoms with van der Waals surface area (Å²) in [7, 11) is 1.17. The van der Waals surface area contributed by atoms with E-state index in [1.54, 1.807) is 0 Å². The Morgan fingerprint density at radius 3 is 2.81 bits per heavy atom. The van der Waals surface area contributed by atoms with Crippen LogP contribution in [0.1, 0.15) is 10.4 Å². The van der Waals surface area contributed by atoms with Crippen LogP contribution >= 0.6 is 0 Å². The summed E-state index contributed by atoms with van der Waals surface area (Å²) in [6.45, 7) is -0.531. The van der Waals surface area contributed by atoms with Gasteiger partial charge >= 0.3 is 5.97 Å². The van der Waals surface area contributed by atoms with Crippen molar-refractivity contribution in [2.24, 2.45) is 0 Å². The van der Waals surface area contributed by atoms with Crippen molar-refractivity contribution in [1.29, 1.82) is 0 Å². The van der Waals surface area contributed by atoms with Crippen molar-refractivity contribution in [3.05, 3.63) is 24.0 Å². The highest BCUT2D eigenvalue weighted by Crippen LogP contribution is 1.96. The van der Waals surface area contributed by atoms with E-state index in [0.717, 1.165) is 0 Å². The van der Waals surface area contributed by atoms with Crippen molar-refractivity contribution in [3.8, 4) is 0 Å². The van der Waals surface area contributed by atoms with Gasteiger partial charge in [-0.15, -0.1) is 0 Å². The number of aromatic nitrogens is 2. The maximum atomic E-state index is 11.5. The lowest BCUT2D eigenvalue weighted by atomic mass is 10.2. The first-order valence-corrected chi connectivity index (χ1v) is 4.45. The highest BCUT2D eigenvalue weighted by Gasteiger charge is 2.20. The van der Waals surface area contributed by atoms with Gasteiger partial charge in [-0.2, -0.15) is 10.2 Å². The molecular weight excluding hydrogens is 214 g/mol. The molecule has 86 valence electrons. The average molecular weight is 225 g/mol. The van der Waals surface area contributed by atoms with Crippen molar-refractivity contribution >= 4 is 11.9 Å². The van der Waals surface area contributed by atoms with Gasteiger partial charge in [-0.3, -0.25) is 4.79 Å². The van der Waals surface area contributed by atoms with Gasteiger partial charge in [0.15, 0.2) is 6.04 Å². The number of hydrogen-bond donors (Lipinski definition) is 2. The van der Waals surface area contributed by atoms with Crippen LogP contribution in [0.25, 0.3) is 0 Å². The number of esters is 1. The molecule has 1 atom stereocenters. The van der Waals surface area contributed by atoms with Crippen LogP contribution in [0.15, 0.2) is 18.5 Å². The number of methoxy groups -OCH3 is 1. The summed E-state index contributed by atoms with van der Waals surface area (Å²) in [5.74, 6) is -1.24. The molecule has 0 saturated carbocycles. The number of aliphatic hydroxyl groups excluding tert-OH is 1. The first-order chi connectivity index (χ1) is 7.69. The van der Waals surface area contributed by atoms with Crippen LogP contribution in [0.2, 0.25) is 0 Å². The summed E-state index contributed by atoms with van der Waals surface area (Å²) in [6.07, 6.45) is 2.60. The zero-order chi connectivity index (χ0) is 12.0. The summed E-state index contributed by atoms with van der Waals surface area (Å²) in [5.41, 5.74) is 0.248. The van der Waals surface area contributed by atoms with Gasteiger partial charge in [-0.05, 0) is 6.07 Å². The number of amides is 1. The van der Waals surface area contributed by atoms with Gasteiger partial charge in [0, 0.05) is 0 Å². The Labute approximate surface area is 91.4 Å². The number of hydrogen-bond acceptors (Lipinski definition) is 6. The molecule has 0 aromatic carbocycles. The Hall–Kier alpha value is -2.02. The van der Waals surface area contributed by atoms with Gasteiger partial charge in [-0.1, -0.05) is 0 Å². The second kappa shape index (κ2) is 5.76. The number of rotatable bonds is 4. The van der Waals surface area contributed by atoms with Gasteiger partial charge in [0.25, 0.3) is 5.91 Å². The quantitative estimate of drug-likeness (QED) is 0.620. The van der Waals surface area contributed by atoms with E-state index >= 15 is 0 Å². The Bertz CT molecular complexity index is 368. The Balaban J connectivity index is 2.66. The molecule has 0 bridgehead atoms. The van der Waals surface area contributed by atoms with Crippen LogP contribution in [-0.4, -0.2) is 46.9 Å². The first-order valence-electron chi connectivity index (χ1n) is 4.45. The highest BCUT2D eigenvalue weighted by atomic mass is 16.5. The number of aliphatic hydroxyl groups is 1. The number of carbonyl (C=O) groups is 2. The normalized spacial score (nSPS) is 11.6. The molecule has 0 saturated heterocycles. The van der Waals surface area contributed by atoms with Crippen molar-refractivity contribution in [1.82, 2.24) is 15.5 Å². The summed E-state index contributed by atoms with van der Waals surface area (Å²) in [4.78, 5) is 22.6. The van der Waals surface area contributed by atoms with Crippen LogP contribution < -0.4 is 5.32 Å². The maximum absolute atomic E-state index is 11.5. The second-order valence-corrected chi connectivity index (χ2v) is 2.86. The molecule has 7 heteroatoms. The van der Waals surface area contributed by atoms with Crippen LogP contribution in [0.5, 0.6) is 0 Å². The molecule has 0 aliphatic carbocycles. The van der Waals surface area contributed by atoms with Crippen molar-refractivity contribution in [2.75, 3.05) is 13.7 Å².